The molecule has 2 saturated carbocycles. The third-order valence-electron chi connectivity index (χ3n) is 6.35. The first-order valence-electron chi connectivity index (χ1n) is 12.8. The van der Waals surface area contributed by atoms with E-state index in [0.29, 0.717) is 0 Å². The minimum atomic E-state index is -1.44. The Kier molecular flexibility index (Phi) is 15.4. The molecule has 0 aliphatic heterocycles. The van der Waals surface area contributed by atoms with E-state index in [1.54, 1.807) is 24.3 Å². The highest BCUT2D eigenvalue weighted by atomic mass is 16.5. The van der Waals surface area contributed by atoms with Crippen molar-refractivity contribution in [3.63, 3.8) is 0 Å². The molecule has 36 heavy (non-hydrogen) atoms. The van der Waals surface area contributed by atoms with Crippen molar-refractivity contribution in [2.45, 2.75) is 102 Å². The van der Waals surface area contributed by atoms with Crippen molar-refractivity contribution in [2.75, 3.05) is 6.54 Å². The number of aliphatic hydroxyl groups is 1. The molecule has 3 rings (SSSR count). The Labute approximate surface area is 213 Å². The predicted octanol–water partition coefficient (Wildman–Crippen LogP) is 2.28. The van der Waals surface area contributed by atoms with E-state index in [2.05, 4.69) is 16.0 Å². The molecule has 2 fully saturated rings. The number of hydrogen-bond donors (Lipinski definition) is 5. The number of hydrogen-bond acceptors (Lipinski definition) is 6. The molecule has 0 bridgehead atoms. The summed E-state index contributed by atoms with van der Waals surface area (Å²) in [6, 6.07) is 9.29. The SMILES string of the molecule is C1CCC(NC2CCCCC2)CC1.CC(O)[C@H](NC(=O)CNC(=O)OCc1ccccc1)C(=O)O.O. The summed E-state index contributed by atoms with van der Waals surface area (Å²) in [5, 5.41) is 26.1. The number of aliphatic hydroxyl groups excluding tert-OH is 1. The number of carboxylic acids is 1. The van der Waals surface area contributed by atoms with E-state index in [0.717, 1.165) is 17.6 Å². The van der Waals surface area contributed by atoms with Crippen LogP contribution in [0.3, 0.4) is 0 Å². The minimum absolute atomic E-state index is 0. The number of aliphatic carboxylic acids is 1. The van der Waals surface area contributed by atoms with Crippen molar-refractivity contribution in [1.82, 2.24) is 16.0 Å². The Hall–Kier alpha value is -2.69. The third kappa shape index (κ3) is 12.9. The summed E-state index contributed by atoms with van der Waals surface area (Å²) in [7, 11) is 0. The number of amides is 2. The van der Waals surface area contributed by atoms with Gasteiger partial charge in [-0.05, 0) is 38.2 Å². The second kappa shape index (κ2) is 17.7. The first-order chi connectivity index (χ1) is 16.8. The van der Waals surface area contributed by atoms with Crippen molar-refractivity contribution in [2.24, 2.45) is 0 Å². The highest BCUT2D eigenvalue weighted by molar-refractivity contribution is 5.86. The summed E-state index contributed by atoms with van der Waals surface area (Å²) in [6.45, 7) is 0.838. The fourth-order valence-corrected chi connectivity index (χ4v) is 4.41. The number of nitrogens with one attached hydrogen (secondary N) is 3. The van der Waals surface area contributed by atoms with Gasteiger partial charge >= 0.3 is 12.1 Å². The number of carbonyl (C=O) groups excluding carboxylic acids is 2. The van der Waals surface area contributed by atoms with Crippen molar-refractivity contribution >= 4 is 18.0 Å². The normalized spacial score (nSPS) is 17.8. The molecule has 0 spiro atoms. The van der Waals surface area contributed by atoms with Gasteiger partial charge in [0.2, 0.25) is 5.91 Å². The lowest BCUT2D eigenvalue weighted by molar-refractivity contribution is -0.144. The highest BCUT2D eigenvalue weighted by Gasteiger charge is 2.25. The number of carboxylic acid groups (broad SMARTS) is 1. The van der Waals surface area contributed by atoms with Crippen LogP contribution in [0.2, 0.25) is 0 Å². The molecule has 0 saturated heterocycles. The molecule has 2 atom stereocenters. The Morgan fingerprint density at radius 3 is 1.94 bits per heavy atom. The predicted molar refractivity (Wildman–Crippen MR) is 136 cm³/mol. The lowest BCUT2D eigenvalue weighted by Gasteiger charge is -2.30. The summed E-state index contributed by atoms with van der Waals surface area (Å²) in [5.41, 5.74) is 0.794. The average Bonchev–Trinajstić information content (AvgIpc) is 2.86. The van der Waals surface area contributed by atoms with Gasteiger partial charge in [0.15, 0.2) is 6.04 Å². The first-order valence-corrected chi connectivity index (χ1v) is 12.8. The van der Waals surface area contributed by atoms with Crippen LogP contribution in [0.4, 0.5) is 4.79 Å². The lowest BCUT2D eigenvalue weighted by atomic mass is 9.91. The van der Waals surface area contributed by atoms with Gasteiger partial charge in [0.1, 0.15) is 13.2 Å². The molecule has 2 aliphatic carbocycles. The van der Waals surface area contributed by atoms with E-state index in [1.807, 2.05) is 6.07 Å². The van der Waals surface area contributed by atoms with Crippen molar-refractivity contribution in [3.8, 4) is 0 Å². The van der Waals surface area contributed by atoms with E-state index in [9.17, 15) is 19.5 Å². The molecule has 2 amide bonds. The van der Waals surface area contributed by atoms with Crippen molar-refractivity contribution in [3.05, 3.63) is 35.9 Å². The summed E-state index contributed by atoms with van der Waals surface area (Å²) < 4.78 is 4.88. The molecule has 0 aromatic heterocycles. The van der Waals surface area contributed by atoms with Crippen LogP contribution < -0.4 is 16.0 Å². The van der Waals surface area contributed by atoms with E-state index in [-0.39, 0.29) is 12.1 Å². The molecule has 10 heteroatoms. The molecular formula is C26H43N3O7. The fraction of sp³-hybridized carbons (Fsp3) is 0.654. The zero-order valence-corrected chi connectivity index (χ0v) is 21.2. The van der Waals surface area contributed by atoms with Crippen LogP contribution in [0, 0.1) is 0 Å². The maximum Gasteiger partial charge on any atom is 0.407 e. The van der Waals surface area contributed by atoms with E-state index >= 15 is 0 Å². The molecule has 0 heterocycles. The standard InChI is InChI=1S/C14H18N2O6.C12H23N.H2O/c1-9(17)12(13(19)20)16-11(18)7-15-14(21)22-8-10-5-3-2-4-6-10;1-3-7-11(8-4-1)13-12-9-5-2-6-10-12;/h2-6,9,12,17H,7-8H2,1H3,(H,15,21)(H,16,18)(H,19,20);11-13H,1-10H2;1H2/t9?,12-;;/m0../s1. The molecule has 204 valence electrons. The number of alkyl carbamates (subject to hydrolysis) is 1. The maximum atomic E-state index is 11.5. The van der Waals surface area contributed by atoms with Gasteiger partial charge in [-0.15, -0.1) is 0 Å². The average molecular weight is 510 g/mol. The van der Waals surface area contributed by atoms with E-state index < -0.39 is 36.7 Å². The zero-order valence-electron chi connectivity index (χ0n) is 21.2. The minimum Gasteiger partial charge on any atom is -0.480 e. The van der Waals surface area contributed by atoms with Gasteiger partial charge in [-0.3, -0.25) is 4.79 Å². The second-order valence-electron chi connectivity index (χ2n) is 9.38. The van der Waals surface area contributed by atoms with Crippen molar-refractivity contribution in [1.29, 1.82) is 0 Å². The summed E-state index contributed by atoms with van der Waals surface area (Å²) >= 11 is 0. The Morgan fingerprint density at radius 2 is 1.47 bits per heavy atom. The van der Waals surface area contributed by atoms with Crippen LogP contribution in [-0.4, -0.2) is 64.4 Å². The first kappa shape index (κ1) is 31.3. The van der Waals surface area contributed by atoms with Gasteiger partial charge in [0, 0.05) is 12.1 Å². The molecule has 10 nitrogen and oxygen atoms in total. The van der Waals surface area contributed by atoms with Crippen LogP contribution in [0.1, 0.15) is 76.7 Å². The monoisotopic (exact) mass is 509 g/mol. The van der Waals surface area contributed by atoms with Gasteiger partial charge in [-0.25, -0.2) is 9.59 Å². The lowest BCUT2D eigenvalue weighted by Crippen LogP contribution is -2.50. The smallest absolute Gasteiger partial charge is 0.407 e. The fourth-order valence-electron chi connectivity index (χ4n) is 4.41. The number of carbonyl (C=O) groups is 3. The largest absolute Gasteiger partial charge is 0.480 e. The van der Waals surface area contributed by atoms with Gasteiger partial charge in [-0.2, -0.15) is 0 Å². The molecule has 2 aliphatic rings. The van der Waals surface area contributed by atoms with Crippen molar-refractivity contribution < 1.29 is 34.8 Å². The quantitative estimate of drug-likeness (QED) is 0.340. The molecule has 1 unspecified atom stereocenters. The summed E-state index contributed by atoms with van der Waals surface area (Å²) in [5.74, 6) is -2.11. The number of benzene rings is 1. The summed E-state index contributed by atoms with van der Waals surface area (Å²) in [6.07, 6.45) is 12.5. The number of rotatable bonds is 9. The van der Waals surface area contributed by atoms with Gasteiger partial charge in [0.05, 0.1) is 6.10 Å². The molecule has 7 N–H and O–H groups in total. The Morgan fingerprint density at radius 1 is 0.944 bits per heavy atom. The zero-order chi connectivity index (χ0) is 25.5. The topological polar surface area (TPSA) is 168 Å². The van der Waals surface area contributed by atoms with Crippen LogP contribution in [0.25, 0.3) is 0 Å². The van der Waals surface area contributed by atoms with Crippen LogP contribution in [-0.2, 0) is 20.9 Å². The summed E-state index contributed by atoms with van der Waals surface area (Å²) in [4.78, 5) is 33.7. The van der Waals surface area contributed by atoms with Crippen LogP contribution >= 0.6 is 0 Å². The molecule has 0 radical (unpaired) electrons. The third-order valence-corrected chi connectivity index (χ3v) is 6.35. The van der Waals surface area contributed by atoms with E-state index in [4.69, 9.17) is 9.84 Å². The van der Waals surface area contributed by atoms with E-state index in [1.165, 1.54) is 71.1 Å². The molecular weight excluding hydrogens is 466 g/mol. The van der Waals surface area contributed by atoms with Gasteiger partial charge in [-0.1, -0.05) is 68.9 Å². The van der Waals surface area contributed by atoms with Crippen LogP contribution in [0.5, 0.6) is 0 Å². The Balaban J connectivity index is 0.000000392. The maximum absolute atomic E-state index is 11.5. The van der Waals surface area contributed by atoms with Crippen LogP contribution in [0.15, 0.2) is 30.3 Å². The molecule has 1 aromatic rings. The van der Waals surface area contributed by atoms with Gasteiger partial charge in [0.25, 0.3) is 0 Å². The second-order valence-corrected chi connectivity index (χ2v) is 9.38. The number of ether oxygens (including phenoxy) is 1. The Bertz CT molecular complexity index is 748. The van der Waals surface area contributed by atoms with Gasteiger partial charge < -0.3 is 36.4 Å². The highest BCUT2D eigenvalue weighted by Crippen LogP contribution is 2.22. The molecule has 1 aromatic carbocycles.